The van der Waals surface area contributed by atoms with Crippen molar-refractivity contribution in [3.05, 3.63) is 56.4 Å². The van der Waals surface area contributed by atoms with Crippen molar-refractivity contribution in [2.75, 3.05) is 11.9 Å². The quantitative estimate of drug-likeness (QED) is 0.301. The molecule has 1 amide bonds. The minimum Gasteiger partial charge on any atom is -0.481 e. The number of H-pyrrole nitrogens is 1. The second-order valence-corrected chi connectivity index (χ2v) is 10.9. The number of rotatable bonds is 10. The normalized spacial score (nSPS) is 14.8. The van der Waals surface area contributed by atoms with Crippen molar-refractivity contribution in [3.63, 3.8) is 0 Å². The number of carboxylic acids is 2. The van der Waals surface area contributed by atoms with Gasteiger partial charge in [-0.15, -0.1) is 11.3 Å². The lowest BCUT2D eigenvalue weighted by Gasteiger charge is -2.27. The Morgan fingerprint density at radius 3 is 2.61 bits per heavy atom. The third-order valence-corrected chi connectivity index (χ3v) is 8.18. The maximum absolute atomic E-state index is 12.7. The molecule has 1 saturated carbocycles. The number of aromatic nitrogens is 2. The van der Waals surface area contributed by atoms with Gasteiger partial charge in [0.05, 0.1) is 20.8 Å². The number of fused-ring (bicyclic) bond motifs is 1. The number of carboxylic acid groups (broad SMARTS) is 2. The highest BCUT2D eigenvalue weighted by Gasteiger charge is 2.24. The Kier molecular flexibility index (Phi) is 8.45. The van der Waals surface area contributed by atoms with Crippen molar-refractivity contribution in [3.8, 4) is 0 Å². The first kappa shape index (κ1) is 27.3. The molecule has 3 aromatic rings. The Labute approximate surface area is 223 Å². The van der Waals surface area contributed by atoms with Gasteiger partial charge in [-0.2, -0.15) is 0 Å². The Balaban J connectivity index is 1.56. The van der Waals surface area contributed by atoms with Crippen molar-refractivity contribution in [2.24, 2.45) is 0 Å². The number of amides is 1. The predicted octanol–water partition coefficient (Wildman–Crippen LogP) is 4.02. The van der Waals surface area contributed by atoms with Crippen LogP contribution in [0, 0.1) is 6.92 Å². The highest BCUT2D eigenvalue weighted by Crippen LogP contribution is 2.37. The van der Waals surface area contributed by atoms with Gasteiger partial charge >= 0.3 is 11.9 Å². The molecule has 1 atom stereocenters. The topological polar surface area (TPSA) is 153 Å². The van der Waals surface area contributed by atoms with Crippen LogP contribution in [-0.4, -0.2) is 51.1 Å². The summed E-state index contributed by atoms with van der Waals surface area (Å²) < 4.78 is 0. The number of nitrogens with zero attached hydrogens (tertiary/aromatic N) is 2. The monoisotopic (exact) mass is 540 g/mol. The first-order valence-electron chi connectivity index (χ1n) is 12.7. The largest absolute Gasteiger partial charge is 0.481 e. The molecule has 1 aliphatic rings. The number of aromatic amines is 1. The molecule has 0 aliphatic heterocycles. The molecule has 0 unspecified atom stereocenters. The summed E-state index contributed by atoms with van der Waals surface area (Å²) >= 11 is 1.22. The fourth-order valence-electron chi connectivity index (χ4n) is 5.04. The van der Waals surface area contributed by atoms with Crippen LogP contribution in [0.15, 0.2) is 29.1 Å². The first-order valence-corrected chi connectivity index (χ1v) is 13.5. The van der Waals surface area contributed by atoms with E-state index in [1.165, 1.54) is 36.2 Å². The molecule has 1 aromatic carbocycles. The van der Waals surface area contributed by atoms with Gasteiger partial charge in [-0.25, -0.2) is 9.78 Å². The number of thiophene rings is 1. The molecule has 1 aliphatic carbocycles. The number of hydrogen-bond donors (Lipinski definition) is 4. The molecule has 4 N–H and O–H groups in total. The number of benzene rings is 1. The standard InChI is InChI=1S/C27H32N4O6S/c1-15-28-21-13-18(16-6-4-3-5-7-16)17(12-19(21)25(34)29-15)14-31(2)23-10-9-22(38-23)26(35)30-20(27(36)37)8-11-24(32)33/h9-10,12-13,16,20H,3-8,11,14H2,1-2H3,(H,30,35)(H,32,33)(H,36,37)(H,28,29,34)/t20-/m0/s1. The minimum absolute atomic E-state index is 0.169. The van der Waals surface area contributed by atoms with E-state index in [0.29, 0.717) is 34.1 Å². The number of aliphatic carboxylic acids is 2. The number of carbonyl (C=O) groups is 3. The fraction of sp³-hybridized carbons (Fsp3) is 0.444. The molecule has 0 saturated heterocycles. The molecule has 0 radical (unpaired) electrons. The Morgan fingerprint density at radius 2 is 1.92 bits per heavy atom. The highest BCUT2D eigenvalue weighted by atomic mass is 32.1. The van der Waals surface area contributed by atoms with Crippen molar-refractivity contribution in [2.45, 2.75) is 70.4 Å². The first-order chi connectivity index (χ1) is 18.1. The van der Waals surface area contributed by atoms with Crippen LogP contribution in [0.3, 0.4) is 0 Å². The van der Waals surface area contributed by atoms with E-state index in [2.05, 4.69) is 21.4 Å². The highest BCUT2D eigenvalue weighted by molar-refractivity contribution is 7.18. The average molecular weight is 541 g/mol. The van der Waals surface area contributed by atoms with Gasteiger partial charge < -0.3 is 25.4 Å². The van der Waals surface area contributed by atoms with Crippen LogP contribution >= 0.6 is 11.3 Å². The lowest BCUT2D eigenvalue weighted by atomic mass is 9.81. The summed E-state index contributed by atoms with van der Waals surface area (Å²) in [7, 11) is 1.91. The average Bonchev–Trinajstić information content (AvgIpc) is 3.37. The van der Waals surface area contributed by atoms with Crippen LogP contribution in [-0.2, 0) is 16.1 Å². The Hall–Kier alpha value is -3.73. The molecule has 0 spiro atoms. The van der Waals surface area contributed by atoms with E-state index in [4.69, 9.17) is 5.11 Å². The summed E-state index contributed by atoms with van der Waals surface area (Å²) in [6.07, 6.45) is 5.22. The fourth-order valence-corrected chi connectivity index (χ4v) is 5.91. The Bertz CT molecular complexity index is 1410. The molecule has 10 nitrogen and oxygen atoms in total. The van der Waals surface area contributed by atoms with Gasteiger partial charge in [-0.05, 0) is 67.5 Å². The molecule has 11 heteroatoms. The van der Waals surface area contributed by atoms with Crippen molar-refractivity contribution < 1.29 is 24.6 Å². The van der Waals surface area contributed by atoms with Crippen LogP contribution in [0.25, 0.3) is 10.9 Å². The zero-order chi connectivity index (χ0) is 27.4. The van der Waals surface area contributed by atoms with Gasteiger partial charge in [0.1, 0.15) is 11.9 Å². The lowest BCUT2D eigenvalue weighted by Crippen LogP contribution is -2.40. The third-order valence-electron chi connectivity index (χ3n) is 6.98. The zero-order valence-corrected chi connectivity index (χ0v) is 22.3. The summed E-state index contributed by atoms with van der Waals surface area (Å²) in [6.45, 7) is 2.30. The lowest BCUT2D eigenvalue weighted by molar-refractivity contribution is -0.140. The van der Waals surface area contributed by atoms with Gasteiger partial charge in [0.25, 0.3) is 11.5 Å². The summed E-state index contributed by atoms with van der Waals surface area (Å²) in [5.41, 5.74) is 2.78. The van der Waals surface area contributed by atoms with Crippen LogP contribution in [0.2, 0.25) is 0 Å². The summed E-state index contributed by atoms with van der Waals surface area (Å²) in [5, 5.41) is 21.9. The molecule has 202 valence electrons. The van der Waals surface area contributed by atoms with E-state index in [9.17, 15) is 24.3 Å². The maximum Gasteiger partial charge on any atom is 0.326 e. The molecule has 4 rings (SSSR count). The van der Waals surface area contributed by atoms with Crippen LogP contribution < -0.4 is 15.8 Å². The van der Waals surface area contributed by atoms with Crippen LogP contribution in [0.1, 0.15) is 77.5 Å². The minimum atomic E-state index is -1.28. The van der Waals surface area contributed by atoms with E-state index in [-0.39, 0.29) is 18.4 Å². The Morgan fingerprint density at radius 1 is 1.18 bits per heavy atom. The molecular weight excluding hydrogens is 508 g/mol. The summed E-state index contributed by atoms with van der Waals surface area (Å²) in [4.78, 5) is 57.3. The summed E-state index contributed by atoms with van der Waals surface area (Å²) in [6, 6.07) is 6.14. The van der Waals surface area contributed by atoms with Gasteiger partial charge in [-0.3, -0.25) is 14.4 Å². The van der Waals surface area contributed by atoms with Gasteiger partial charge in [0.2, 0.25) is 0 Å². The van der Waals surface area contributed by atoms with E-state index in [1.807, 2.05) is 18.0 Å². The second-order valence-electron chi connectivity index (χ2n) is 9.85. The SMILES string of the molecule is Cc1nc2cc(C3CCCCC3)c(CN(C)c3ccc(C(=O)N[C@@H](CCC(=O)O)C(=O)O)s3)cc2c(=O)[nH]1. The maximum atomic E-state index is 12.7. The van der Waals surface area contributed by atoms with Crippen molar-refractivity contribution in [1.29, 1.82) is 0 Å². The van der Waals surface area contributed by atoms with Crippen molar-refractivity contribution >= 4 is 45.1 Å². The number of hydrogen-bond acceptors (Lipinski definition) is 7. The van der Waals surface area contributed by atoms with Crippen LogP contribution in [0.4, 0.5) is 5.00 Å². The zero-order valence-electron chi connectivity index (χ0n) is 21.5. The summed E-state index contributed by atoms with van der Waals surface area (Å²) in [5.74, 6) is -1.98. The number of carbonyl (C=O) groups excluding carboxylic acids is 1. The number of nitrogens with one attached hydrogen (secondary N) is 2. The number of aryl methyl sites for hydroxylation is 1. The van der Waals surface area contributed by atoms with Gasteiger partial charge in [0.15, 0.2) is 0 Å². The van der Waals surface area contributed by atoms with Crippen LogP contribution in [0.5, 0.6) is 0 Å². The smallest absolute Gasteiger partial charge is 0.326 e. The molecule has 2 aromatic heterocycles. The molecule has 0 bridgehead atoms. The van der Waals surface area contributed by atoms with E-state index >= 15 is 0 Å². The molecule has 1 fully saturated rings. The third kappa shape index (κ3) is 6.39. The predicted molar refractivity (Wildman–Crippen MR) is 145 cm³/mol. The van der Waals surface area contributed by atoms with Gasteiger partial charge in [0, 0.05) is 20.0 Å². The molecule has 38 heavy (non-hydrogen) atoms. The second kappa shape index (κ2) is 11.8. The molecular formula is C27H32N4O6S. The number of anilines is 1. The van der Waals surface area contributed by atoms with E-state index < -0.39 is 23.9 Å². The van der Waals surface area contributed by atoms with Gasteiger partial charge in [-0.1, -0.05) is 19.3 Å². The molecule has 2 heterocycles. The van der Waals surface area contributed by atoms with Crippen molar-refractivity contribution in [1.82, 2.24) is 15.3 Å². The van der Waals surface area contributed by atoms with E-state index in [0.717, 1.165) is 23.4 Å². The van der Waals surface area contributed by atoms with E-state index in [1.54, 1.807) is 19.1 Å².